The van der Waals surface area contributed by atoms with Gasteiger partial charge in [0.25, 0.3) is 0 Å². The standard InChI is InChI=1S/C4HN2Te/c1-5-4(3-7)6-2/h3H. The fourth-order valence-corrected chi connectivity index (χ4v) is 0.379. The van der Waals surface area contributed by atoms with E-state index in [2.05, 4.69) is 9.69 Å². The zero-order valence-corrected chi connectivity index (χ0v) is 5.71. The predicted octanol–water partition coefficient (Wildman–Crippen LogP) is 0.792. The molecule has 0 aliphatic rings. The van der Waals surface area contributed by atoms with Crippen LogP contribution in [0.15, 0.2) is 9.94 Å². The maximum absolute atomic E-state index is 6.30. The Bertz CT molecular complexity index is 142. The summed E-state index contributed by atoms with van der Waals surface area (Å²) in [7, 11) is 0. The summed E-state index contributed by atoms with van der Waals surface area (Å²) in [5.74, 6) is 0.143. The summed E-state index contributed by atoms with van der Waals surface area (Å²) in [6.07, 6.45) is 0. The van der Waals surface area contributed by atoms with Gasteiger partial charge in [-0.3, -0.25) is 0 Å². The van der Waals surface area contributed by atoms with Crippen LogP contribution in [0.3, 0.4) is 0 Å². The summed E-state index contributed by atoms with van der Waals surface area (Å²) >= 11 is 1.61. The van der Waals surface area contributed by atoms with E-state index in [-0.39, 0.29) is 5.82 Å². The summed E-state index contributed by atoms with van der Waals surface area (Å²) in [6, 6.07) is 0. The topological polar surface area (TPSA) is 8.72 Å². The molecule has 0 unspecified atom stereocenters. The Kier molecular flexibility index (Phi) is 3.43. The SMILES string of the molecule is [C-]#[N+]C(=C[Te])[N+]#[C-]. The van der Waals surface area contributed by atoms with Crippen LogP contribution < -0.4 is 0 Å². The van der Waals surface area contributed by atoms with E-state index in [0.717, 1.165) is 0 Å². The molecule has 0 atom stereocenters. The number of hydrogen-bond donors (Lipinski definition) is 0. The van der Waals surface area contributed by atoms with Gasteiger partial charge in [0.1, 0.15) is 0 Å². The quantitative estimate of drug-likeness (QED) is 0.408. The monoisotopic (exact) mass is 207 g/mol. The second-order valence-electron chi connectivity index (χ2n) is 0.700. The van der Waals surface area contributed by atoms with Crippen molar-refractivity contribution >= 4 is 22.3 Å². The van der Waals surface area contributed by atoms with E-state index >= 15 is 0 Å². The molecule has 1 radical (unpaired) electrons. The summed E-state index contributed by atoms with van der Waals surface area (Å²) in [6.45, 7) is 12.6. The van der Waals surface area contributed by atoms with Gasteiger partial charge in [-0.2, -0.15) is 0 Å². The Morgan fingerprint density at radius 1 is 1.43 bits per heavy atom. The van der Waals surface area contributed by atoms with Crippen LogP contribution in [0.1, 0.15) is 0 Å². The van der Waals surface area contributed by atoms with Gasteiger partial charge in [0.15, 0.2) is 0 Å². The molecule has 0 heterocycles. The molecule has 0 N–H and O–H groups in total. The molecular weight excluding hydrogens is 204 g/mol. The van der Waals surface area contributed by atoms with Crippen LogP contribution in [-0.4, -0.2) is 22.3 Å². The van der Waals surface area contributed by atoms with Gasteiger partial charge in [-0.05, 0) is 0 Å². The minimum atomic E-state index is 0.143. The maximum atomic E-state index is 6.30. The Morgan fingerprint density at radius 2 is 1.86 bits per heavy atom. The zero-order valence-electron chi connectivity index (χ0n) is 3.38. The predicted molar refractivity (Wildman–Crippen MR) is 27.0 cm³/mol. The second-order valence-corrected chi connectivity index (χ2v) is 1.37. The molecule has 0 rings (SSSR count). The third-order valence-electron chi connectivity index (χ3n) is 0.335. The Morgan fingerprint density at radius 3 is 1.86 bits per heavy atom. The first-order valence-corrected chi connectivity index (χ1v) is 2.76. The van der Waals surface area contributed by atoms with Gasteiger partial charge in [0.2, 0.25) is 0 Å². The molecule has 0 aromatic rings. The first kappa shape index (κ1) is 6.51. The van der Waals surface area contributed by atoms with E-state index in [9.17, 15) is 0 Å². The minimum absolute atomic E-state index is 0.143. The van der Waals surface area contributed by atoms with Gasteiger partial charge in [-0.1, -0.05) is 0 Å². The van der Waals surface area contributed by atoms with Gasteiger partial charge in [-0.15, -0.1) is 0 Å². The molecule has 0 amide bonds. The van der Waals surface area contributed by atoms with E-state index in [1.54, 1.807) is 22.3 Å². The normalized spacial score (nSPS) is 5.43. The van der Waals surface area contributed by atoms with Crippen LogP contribution in [0.4, 0.5) is 0 Å². The molecular formula is C4HN2Te. The second kappa shape index (κ2) is 3.69. The Labute approximate surface area is 55.4 Å². The average molecular weight is 205 g/mol. The summed E-state index contributed by atoms with van der Waals surface area (Å²) in [5, 5.41) is 0. The summed E-state index contributed by atoms with van der Waals surface area (Å²) in [4.78, 5) is 5.77. The van der Waals surface area contributed by atoms with Gasteiger partial charge in [-0.25, -0.2) is 0 Å². The first-order chi connectivity index (χ1) is 3.35. The van der Waals surface area contributed by atoms with Crippen molar-refractivity contribution in [2.75, 3.05) is 0 Å². The van der Waals surface area contributed by atoms with Crippen molar-refractivity contribution in [1.29, 1.82) is 0 Å². The van der Waals surface area contributed by atoms with Gasteiger partial charge >= 0.3 is 55.1 Å². The zero-order chi connectivity index (χ0) is 5.70. The van der Waals surface area contributed by atoms with Crippen LogP contribution in [-0.2, 0) is 0 Å². The van der Waals surface area contributed by atoms with Crippen molar-refractivity contribution in [2.45, 2.75) is 0 Å². The van der Waals surface area contributed by atoms with Crippen molar-refractivity contribution in [3.63, 3.8) is 0 Å². The number of rotatable bonds is 0. The van der Waals surface area contributed by atoms with E-state index < -0.39 is 0 Å². The van der Waals surface area contributed by atoms with Crippen LogP contribution in [0.25, 0.3) is 9.69 Å². The van der Waals surface area contributed by atoms with Crippen LogP contribution >= 0.6 is 0 Å². The Balaban J connectivity index is 4.03. The van der Waals surface area contributed by atoms with Crippen LogP contribution in [0.2, 0.25) is 0 Å². The molecule has 0 bridgehead atoms. The van der Waals surface area contributed by atoms with Crippen molar-refractivity contribution < 1.29 is 0 Å². The van der Waals surface area contributed by atoms with Crippen molar-refractivity contribution in [1.82, 2.24) is 0 Å². The van der Waals surface area contributed by atoms with Crippen LogP contribution in [0, 0.1) is 13.1 Å². The van der Waals surface area contributed by atoms with E-state index in [1.165, 1.54) is 4.12 Å². The number of hydrogen-bond acceptors (Lipinski definition) is 0. The molecule has 0 saturated heterocycles. The molecule has 7 heavy (non-hydrogen) atoms. The molecule has 3 heteroatoms. The van der Waals surface area contributed by atoms with Crippen molar-refractivity contribution in [3.05, 3.63) is 32.8 Å². The molecule has 0 saturated carbocycles. The fourth-order valence-electron chi connectivity index (χ4n) is 0.0777. The van der Waals surface area contributed by atoms with Crippen molar-refractivity contribution in [2.24, 2.45) is 0 Å². The van der Waals surface area contributed by atoms with Gasteiger partial charge < -0.3 is 0 Å². The molecule has 0 aliphatic carbocycles. The molecule has 0 fully saturated rings. The number of nitrogens with zero attached hydrogens (tertiary/aromatic N) is 2. The van der Waals surface area contributed by atoms with Crippen LogP contribution in [0.5, 0.6) is 0 Å². The summed E-state index contributed by atoms with van der Waals surface area (Å²) in [5.41, 5.74) is 0. The summed E-state index contributed by atoms with van der Waals surface area (Å²) < 4.78 is 1.50. The third-order valence-corrected chi connectivity index (χ3v) is 0.936. The van der Waals surface area contributed by atoms with E-state index in [4.69, 9.17) is 13.1 Å². The average Bonchev–Trinajstić information content (AvgIpc) is 1.72. The van der Waals surface area contributed by atoms with Crippen molar-refractivity contribution in [3.8, 4) is 0 Å². The molecule has 33 valence electrons. The van der Waals surface area contributed by atoms with E-state index in [1.807, 2.05) is 0 Å². The molecule has 0 aliphatic heterocycles. The fraction of sp³-hybridized carbons (Fsp3) is 0. The van der Waals surface area contributed by atoms with E-state index in [0.29, 0.717) is 0 Å². The van der Waals surface area contributed by atoms with Gasteiger partial charge in [0.05, 0.1) is 0 Å². The van der Waals surface area contributed by atoms with Gasteiger partial charge in [0, 0.05) is 0 Å². The molecule has 0 spiro atoms. The first-order valence-electron chi connectivity index (χ1n) is 1.42. The Hall–Kier alpha value is -0.490. The molecule has 2 nitrogen and oxygen atoms in total. The molecule has 0 aromatic heterocycles. The molecule has 0 aromatic carbocycles. The third kappa shape index (κ3) is 2.24.